The van der Waals surface area contributed by atoms with Crippen molar-refractivity contribution in [2.45, 2.75) is 28.8 Å². The zero-order valence-corrected chi connectivity index (χ0v) is 10.5. The Morgan fingerprint density at radius 2 is 1.93 bits per heavy atom. The van der Waals surface area contributed by atoms with Crippen LogP contribution in [0.25, 0.3) is 0 Å². The molecule has 0 amide bonds. The smallest absolute Gasteiger partial charge is 0.0973 e. The number of alkyl halides is 1. The van der Waals surface area contributed by atoms with Gasteiger partial charge in [0.2, 0.25) is 0 Å². The summed E-state index contributed by atoms with van der Waals surface area (Å²) in [5.41, 5.74) is 1.21. The lowest BCUT2D eigenvalue weighted by Crippen LogP contribution is -2.09. The lowest BCUT2D eigenvalue weighted by atomic mass is 10.2. The minimum Gasteiger partial charge on any atom is -0.253 e. The van der Waals surface area contributed by atoms with E-state index in [9.17, 15) is 4.21 Å². The maximum Gasteiger partial charge on any atom is 0.0973 e. The largest absolute Gasteiger partial charge is 0.253 e. The average Bonchev–Trinajstić information content (AvgIpc) is 3.00. The first-order valence-electron chi connectivity index (χ1n) is 4.80. The number of benzene rings is 1. The van der Waals surface area contributed by atoms with Crippen molar-refractivity contribution >= 4 is 26.7 Å². The molecule has 2 unspecified atom stereocenters. The SMILES string of the molecule is Cc1ccc(S(=O)C(Br)C2CC2)cc1. The van der Waals surface area contributed by atoms with E-state index < -0.39 is 10.8 Å². The summed E-state index contributed by atoms with van der Waals surface area (Å²) in [6, 6.07) is 7.95. The minimum absolute atomic E-state index is 0.144. The zero-order chi connectivity index (χ0) is 10.1. The fourth-order valence-electron chi connectivity index (χ4n) is 1.34. The second kappa shape index (κ2) is 4.15. The predicted octanol–water partition coefficient (Wildman–Crippen LogP) is 3.23. The lowest BCUT2D eigenvalue weighted by molar-refractivity contribution is 0.677. The van der Waals surface area contributed by atoms with Crippen LogP contribution < -0.4 is 0 Å². The molecule has 76 valence electrons. The van der Waals surface area contributed by atoms with E-state index in [1.54, 1.807) is 0 Å². The van der Waals surface area contributed by atoms with Gasteiger partial charge in [-0.05, 0) is 37.8 Å². The fraction of sp³-hybridized carbons (Fsp3) is 0.455. The molecule has 1 aliphatic rings. The van der Waals surface area contributed by atoms with Crippen LogP contribution in [0.2, 0.25) is 0 Å². The number of hydrogen-bond acceptors (Lipinski definition) is 1. The van der Waals surface area contributed by atoms with Crippen LogP contribution in [0.3, 0.4) is 0 Å². The molecule has 0 heterocycles. The molecule has 2 atom stereocenters. The Labute approximate surface area is 95.5 Å². The molecule has 1 aromatic carbocycles. The highest BCUT2D eigenvalue weighted by molar-refractivity contribution is 9.11. The maximum atomic E-state index is 12.0. The average molecular weight is 273 g/mol. The molecule has 14 heavy (non-hydrogen) atoms. The van der Waals surface area contributed by atoms with E-state index in [-0.39, 0.29) is 4.16 Å². The van der Waals surface area contributed by atoms with Crippen molar-refractivity contribution in [3.63, 3.8) is 0 Å². The highest BCUT2D eigenvalue weighted by Gasteiger charge is 2.33. The van der Waals surface area contributed by atoms with E-state index in [1.165, 1.54) is 18.4 Å². The minimum atomic E-state index is -0.887. The Balaban J connectivity index is 2.13. The van der Waals surface area contributed by atoms with Crippen molar-refractivity contribution < 1.29 is 4.21 Å². The van der Waals surface area contributed by atoms with E-state index in [4.69, 9.17) is 0 Å². The van der Waals surface area contributed by atoms with Crippen molar-refractivity contribution in [2.75, 3.05) is 0 Å². The molecule has 0 bridgehead atoms. The number of aryl methyl sites for hydroxylation is 1. The molecular formula is C11H13BrOS. The summed E-state index contributed by atoms with van der Waals surface area (Å²) < 4.78 is 12.1. The Kier molecular flexibility index (Phi) is 3.07. The van der Waals surface area contributed by atoms with Gasteiger partial charge in [0.05, 0.1) is 15.0 Å². The summed E-state index contributed by atoms with van der Waals surface area (Å²) in [5, 5.41) is 0. The van der Waals surface area contributed by atoms with Crippen molar-refractivity contribution in [1.29, 1.82) is 0 Å². The van der Waals surface area contributed by atoms with Crippen LogP contribution in [0, 0.1) is 12.8 Å². The standard InChI is InChI=1S/C11H13BrOS/c1-8-2-6-10(7-3-8)14(13)11(12)9-4-5-9/h2-3,6-7,9,11H,4-5H2,1H3. The highest BCUT2D eigenvalue weighted by atomic mass is 79.9. The number of rotatable bonds is 3. The van der Waals surface area contributed by atoms with Crippen LogP contribution in [-0.2, 0) is 10.8 Å². The predicted molar refractivity (Wildman–Crippen MR) is 63.0 cm³/mol. The molecule has 3 heteroatoms. The van der Waals surface area contributed by atoms with Crippen LogP contribution in [0.1, 0.15) is 18.4 Å². The molecule has 1 nitrogen and oxygen atoms in total. The van der Waals surface area contributed by atoms with Gasteiger partial charge < -0.3 is 0 Å². The first-order valence-corrected chi connectivity index (χ1v) is 6.92. The molecule has 1 aromatic rings. The number of halogens is 1. The molecule has 0 aromatic heterocycles. The van der Waals surface area contributed by atoms with E-state index in [0.717, 1.165) is 4.90 Å². The second-order valence-corrected chi connectivity index (χ2v) is 6.97. The molecule has 0 aliphatic heterocycles. The van der Waals surface area contributed by atoms with E-state index in [0.29, 0.717) is 5.92 Å². The molecular weight excluding hydrogens is 260 g/mol. The Morgan fingerprint density at radius 1 is 1.36 bits per heavy atom. The topological polar surface area (TPSA) is 17.1 Å². The van der Waals surface area contributed by atoms with Crippen molar-refractivity contribution in [3.05, 3.63) is 29.8 Å². The third kappa shape index (κ3) is 2.26. The first-order chi connectivity index (χ1) is 6.68. The van der Waals surface area contributed by atoms with Crippen LogP contribution in [0.15, 0.2) is 29.2 Å². The van der Waals surface area contributed by atoms with Gasteiger partial charge >= 0.3 is 0 Å². The molecule has 0 spiro atoms. The summed E-state index contributed by atoms with van der Waals surface area (Å²) in [4.78, 5) is 0.935. The van der Waals surface area contributed by atoms with Gasteiger partial charge in [0.1, 0.15) is 0 Å². The first kappa shape index (κ1) is 10.4. The van der Waals surface area contributed by atoms with Gasteiger partial charge in [-0.3, -0.25) is 4.21 Å². The summed E-state index contributed by atoms with van der Waals surface area (Å²) in [6.45, 7) is 2.04. The van der Waals surface area contributed by atoms with Crippen LogP contribution >= 0.6 is 15.9 Å². The Morgan fingerprint density at radius 3 is 2.43 bits per heavy atom. The van der Waals surface area contributed by atoms with Gasteiger partial charge in [-0.15, -0.1) is 0 Å². The van der Waals surface area contributed by atoms with Crippen molar-refractivity contribution in [2.24, 2.45) is 5.92 Å². The van der Waals surface area contributed by atoms with Gasteiger partial charge in [-0.2, -0.15) is 0 Å². The van der Waals surface area contributed by atoms with Gasteiger partial charge in [0, 0.05) is 4.90 Å². The van der Waals surface area contributed by atoms with Gasteiger partial charge in [0.15, 0.2) is 0 Å². The second-order valence-electron chi connectivity index (χ2n) is 3.80. The van der Waals surface area contributed by atoms with Crippen LogP contribution in [0.4, 0.5) is 0 Å². The summed E-state index contributed by atoms with van der Waals surface area (Å²) in [6.07, 6.45) is 2.43. The third-order valence-electron chi connectivity index (χ3n) is 2.45. The molecule has 0 saturated heterocycles. The fourth-order valence-corrected chi connectivity index (χ4v) is 3.80. The lowest BCUT2D eigenvalue weighted by Gasteiger charge is -2.08. The maximum absolute atomic E-state index is 12.0. The Hall–Kier alpha value is -0.150. The van der Waals surface area contributed by atoms with Crippen LogP contribution in [0.5, 0.6) is 0 Å². The summed E-state index contributed by atoms with van der Waals surface area (Å²) in [5.74, 6) is 0.622. The van der Waals surface area contributed by atoms with Gasteiger partial charge in [-0.1, -0.05) is 33.6 Å². The molecule has 0 radical (unpaired) electrons. The summed E-state index contributed by atoms with van der Waals surface area (Å²) >= 11 is 3.53. The molecule has 1 fully saturated rings. The van der Waals surface area contributed by atoms with E-state index in [2.05, 4.69) is 15.9 Å². The van der Waals surface area contributed by atoms with E-state index >= 15 is 0 Å². The Bertz CT molecular complexity index is 343. The molecule has 1 saturated carbocycles. The van der Waals surface area contributed by atoms with Gasteiger partial charge in [0.25, 0.3) is 0 Å². The third-order valence-corrected chi connectivity index (χ3v) is 5.75. The van der Waals surface area contributed by atoms with Crippen molar-refractivity contribution in [1.82, 2.24) is 0 Å². The molecule has 2 rings (SSSR count). The van der Waals surface area contributed by atoms with Crippen molar-refractivity contribution in [3.8, 4) is 0 Å². The molecule has 0 N–H and O–H groups in total. The van der Waals surface area contributed by atoms with Crippen LogP contribution in [-0.4, -0.2) is 8.37 Å². The molecule has 1 aliphatic carbocycles. The quantitative estimate of drug-likeness (QED) is 0.773. The summed E-state index contributed by atoms with van der Waals surface area (Å²) in [7, 11) is -0.887. The zero-order valence-electron chi connectivity index (χ0n) is 8.07. The van der Waals surface area contributed by atoms with Gasteiger partial charge in [-0.25, -0.2) is 0 Å². The monoisotopic (exact) mass is 272 g/mol. The normalized spacial score (nSPS) is 20.4. The van der Waals surface area contributed by atoms with E-state index in [1.807, 2.05) is 31.2 Å². The number of hydrogen-bond donors (Lipinski definition) is 0. The highest BCUT2D eigenvalue weighted by Crippen LogP contribution is 2.39.